The number of hydrogen-bond acceptors (Lipinski definition) is 7. The van der Waals surface area contributed by atoms with Crippen LogP contribution in [0.4, 0.5) is 0 Å². The molecule has 7 nitrogen and oxygen atoms in total. The summed E-state index contributed by atoms with van der Waals surface area (Å²) in [7, 11) is 0. The molecule has 0 spiro atoms. The molecule has 5 heterocycles. The molecule has 3 aromatic heterocycles. The normalized spacial score (nSPS) is 19.1. The van der Waals surface area contributed by atoms with Crippen molar-refractivity contribution in [3.63, 3.8) is 0 Å². The second kappa shape index (κ2) is 8.42. The van der Waals surface area contributed by atoms with Gasteiger partial charge in [0, 0.05) is 57.6 Å². The van der Waals surface area contributed by atoms with Crippen LogP contribution in [-0.4, -0.2) is 26.9 Å². The van der Waals surface area contributed by atoms with E-state index in [0.29, 0.717) is 11.4 Å². The van der Waals surface area contributed by atoms with E-state index in [4.69, 9.17) is 20.9 Å². The molecule has 2 amide bonds. The highest BCUT2D eigenvalue weighted by Crippen LogP contribution is 2.48. The van der Waals surface area contributed by atoms with Crippen molar-refractivity contribution in [2.24, 2.45) is 0 Å². The summed E-state index contributed by atoms with van der Waals surface area (Å²) in [6.45, 7) is 0.279. The predicted molar refractivity (Wildman–Crippen MR) is 135 cm³/mol. The number of aromatic nitrogens is 2. The average Bonchev–Trinajstić information content (AvgIpc) is 3.65. The highest BCUT2D eigenvalue weighted by Gasteiger charge is 2.35. The van der Waals surface area contributed by atoms with Gasteiger partial charge in [0.1, 0.15) is 5.75 Å². The molecule has 2 aliphatic heterocycles. The number of aryl methyl sites for hydroxylation is 1. The molecule has 1 aromatic carbocycles. The van der Waals surface area contributed by atoms with Gasteiger partial charge >= 0.3 is 0 Å². The fourth-order valence-electron chi connectivity index (χ4n) is 5.57. The Bertz CT molecular complexity index is 1540. The van der Waals surface area contributed by atoms with E-state index in [-0.39, 0.29) is 37.3 Å². The summed E-state index contributed by atoms with van der Waals surface area (Å²) in [4.78, 5) is 31.1. The van der Waals surface area contributed by atoms with Crippen molar-refractivity contribution in [1.29, 1.82) is 0 Å². The van der Waals surface area contributed by atoms with E-state index in [0.717, 1.165) is 74.7 Å². The Morgan fingerprint density at radius 2 is 1.89 bits per heavy atom. The van der Waals surface area contributed by atoms with Gasteiger partial charge in [0.05, 0.1) is 22.5 Å². The molecule has 36 heavy (non-hydrogen) atoms. The van der Waals surface area contributed by atoms with Crippen LogP contribution in [0.3, 0.4) is 0 Å². The van der Waals surface area contributed by atoms with E-state index in [1.165, 1.54) is 10.5 Å². The van der Waals surface area contributed by atoms with Gasteiger partial charge in [-0.3, -0.25) is 19.5 Å². The van der Waals surface area contributed by atoms with E-state index in [1.807, 2.05) is 24.3 Å². The summed E-state index contributed by atoms with van der Waals surface area (Å²) in [5.41, 5.74) is 5.99. The first kappa shape index (κ1) is 22.0. The number of nitrogens with zero attached hydrogens (tertiary/aromatic N) is 3. The molecular formula is C27H22ClN3O4S. The second-order valence-corrected chi connectivity index (χ2v) is 11.2. The van der Waals surface area contributed by atoms with Crippen LogP contribution in [0.1, 0.15) is 59.2 Å². The Labute approximate surface area is 216 Å². The molecule has 1 atom stereocenters. The fraction of sp³-hybridized carbons (Fsp3) is 0.333. The molecular weight excluding hydrogens is 498 g/mol. The smallest absolute Gasteiger partial charge is 0.230 e. The molecule has 4 aromatic rings. The minimum atomic E-state index is -0.227. The first-order valence-corrected chi connectivity index (χ1v) is 13.4. The summed E-state index contributed by atoms with van der Waals surface area (Å²) >= 11 is 8.13. The number of rotatable bonds is 4. The van der Waals surface area contributed by atoms with Gasteiger partial charge in [-0.05, 0) is 49.9 Å². The summed E-state index contributed by atoms with van der Waals surface area (Å²) in [5, 5.41) is 4.96. The van der Waals surface area contributed by atoms with Crippen molar-refractivity contribution in [3.8, 4) is 16.9 Å². The van der Waals surface area contributed by atoms with Crippen LogP contribution in [0.25, 0.3) is 21.3 Å². The fourth-order valence-corrected chi connectivity index (χ4v) is 6.94. The minimum Gasteiger partial charge on any atom is -0.481 e. The third kappa shape index (κ3) is 3.54. The Hall–Kier alpha value is -3.23. The van der Waals surface area contributed by atoms with Gasteiger partial charge < -0.3 is 9.26 Å². The second-order valence-electron chi connectivity index (χ2n) is 9.59. The van der Waals surface area contributed by atoms with Crippen LogP contribution in [0.15, 0.2) is 35.0 Å². The van der Waals surface area contributed by atoms with Crippen LogP contribution in [0, 0.1) is 0 Å². The number of pyridine rings is 1. The largest absolute Gasteiger partial charge is 0.481 e. The molecule has 0 radical (unpaired) electrons. The lowest BCUT2D eigenvalue weighted by Crippen LogP contribution is -2.27. The Morgan fingerprint density at radius 3 is 2.75 bits per heavy atom. The van der Waals surface area contributed by atoms with Gasteiger partial charge in [-0.2, -0.15) is 0 Å². The number of thiophene rings is 1. The standard InChI is InChI=1S/C27H22ClN3O4S/c28-15-9-14-10-22(26-18-3-1-2-4-20(18)30-35-26)34-25(14)19(11-15)17-7-8-29-21-12-16(36-27(17)21)13-31-23(32)5-6-24(31)33/h7-9,11-12,22H,1-6,10,13H2/t22-/m1/s1. The highest BCUT2D eigenvalue weighted by atomic mass is 35.5. The number of ether oxygens (including phenoxy) is 1. The lowest BCUT2D eigenvalue weighted by atomic mass is 9.93. The number of carbonyl (C=O) groups is 2. The van der Waals surface area contributed by atoms with Crippen molar-refractivity contribution in [3.05, 3.63) is 62.9 Å². The van der Waals surface area contributed by atoms with Gasteiger partial charge in [0.25, 0.3) is 0 Å². The summed E-state index contributed by atoms with van der Waals surface area (Å²) < 4.78 is 13.3. The first-order valence-electron chi connectivity index (χ1n) is 12.2. The van der Waals surface area contributed by atoms with Crippen molar-refractivity contribution >= 4 is 45.0 Å². The van der Waals surface area contributed by atoms with Crippen LogP contribution in [0.2, 0.25) is 5.02 Å². The maximum atomic E-state index is 12.1. The number of likely N-dealkylation sites (tertiary alicyclic amines) is 1. The van der Waals surface area contributed by atoms with E-state index < -0.39 is 0 Å². The van der Waals surface area contributed by atoms with Crippen molar-refractivity contribution < 1.29 is 18.8 Å². The molecule has 1 saturated heterocycles. The molecule has 0 bridgehead atoms. The van der Waals surface area contributed by atoms with Crippen molar-refractivity contribution in [1.82, 2.24) is 15.0 Å². The van der Waals surface area contributed by atoms with Gasteiger partial charge in [0.15, 0.2) is 11.9 Å². The topological polar surface area (TPSA) is 85.5 Å². The SMILES string of the molecule is O=C1CCC(=O)N1Cc1cc2nccc(-c3cc(Cl)cc4c3O[C@@H](c3onc5c3CCCC5)C4)c2s1. The molecule has 3 aliphatic rings. The van der Waals surface area contributed by atoms with Crippen molar-refractivity contribution in [2.75, 3.05) is 0 Å². The molecule has 0 N–H and O–H groups in total. The Morgan fingerprint density at radius 1 is 1.06 bits per heavy atom. The number of halogens is 1. The molecule has 0 saturated carbocycles. The molecule has 182 valence electrons. The molecule has 0 unspecified atom stereocenters. The van der Waals surface area contributed by atoms with E-state index in [9.17, 15) is 9.59 Å². The molecule has 1 aliphatic carbocycles. The maximum Gasteiger partial charge on any atom is 0.230 e. The highest BCUT2D eigenvalue weighted by molar-refractivity contribution is 7.19. The third-order valence-electron chi connectivity index (χ3n) is 7.30. The minimum absolute atomic E-state index is 0.118. The number of imide groups is 1. The zero-order chi connectivity index (χ0) is 24.4. The lowest BCUT2D eigenvalue weighted by molar-refractivity contribution is -0.138. The number of benzene rings is 1. The zero-order valence-corrected chi connectivity index (χ0v) is 21.0. The van der Waals surface area contributed by atoms with Gasteiger partial charge in [-0.25, -0.2) is 0 Å². The van der Waals surface area contributed by atoms with E-state index >= 15 is 0 Å². The van der Waals surface area contributed by atoms with Gasteiger partial charge in [-0.15, -0.1) is 11.3 Å². The Balaban J connectivity index is 1.27. The molecule has 1 fully saturated rings. The average molecular weight is 520 g/mol. The van der Waals surface area contributed by atoms with Crippen LogP contribution in [0.5, 0.6) is 5.75 Å². The lowest BCUT2D eigenvalue weighted by Gasteiger charge is -2.14. The number of carbonyl (C=O) groups excluding carboxylic acids is 2. The van der Waals surface area contributed by atoms with Gasteiger partial charge in [-0.1, -0.05) is 16.8 Å². The van der Waals surface area contributed by atoms with Gasteiger partial charge in [0.2, 0.25) is 11.8 Å². The molecule has 7 rings (SSSR count). The maximum absolute atomic E-state index is 12.1. The number of amides is 2. The van der Waals surface area contributed by atoms with Crippen LogP contribution < -0.4 is 4.74 Å². The number of fused-ring (bicyclic) bond motifs is 3. The van der Waals surface area contributed by atoms with E-state index in [2.05, 4.69) is 10.1 Å². The zero-order valence-electron chi connectivity index (χ0n) is 19.4. The predicted octanol–water partition coefficient (Wildman–Crippen LogP) is 5.81. The van der Waals surface area contributed by atoms with E-state index in [1.54, 1.807) is 17.5 Å². The number of hydrogen-bond donors (Lipinski definition) is 0. The summed E-state index contributed by atoms with van der Waals surface area (Å²) in [6, 6.07) is 7.82. The third-order valence-corrected chi connectivity index (χ3v) is 8.66. The monoisotopic (exact) mass is 519 g/mol. The van der Waals surface area contributed by atoms with Crippen LogP contribution in [-0.2, 0) is 35.4 Å². The first-order chi connectivity index (χ1) is 17.5. The Kier molecular flexibility index (Phi) is 5.15. The van der Waals surface area contributed by atoms with Crippen LogP contribution >= 0.6 is 22.9 Å². The molecule has 9 heteroatoms. The quantitative estimate of drug-likeness (QED) is 0.316. The summed E-state index contributed by atoms with van der Waals surface area (Å²) in [5.74, 6) is 1.40. The summed E-state index contributed by atoms with van der Waals surface area (Å²) in [6.07, 6.45) is 7.01. The van der Waals surface area contributed by atoms with Crippen molar-refractivity contribution in [2.45, 2.75) is 57.6 Å².